The van der Waals surface area contributed by atoms with E-state index in [1.54, 1.807) is 18.2 Å². The average molecular weight is 278 g/mol. The van der Waals surface area contributed by atoms with Crippen LogP contribution in [0, 0.1) is 5.82 Å². The summed E-state index contributed by atoms with van der Waals surface area (Å²) in [6, 6.07) is 7.39. The lowest BCUT2D eigenvalue weighted by molar-refractivity contribution is -0.120. The molecule has 1 saturated heterocycles. The quantitative estimate of drug-likeness (QED) is 0.841. The Morgan fingerprint density at radius 1 is 1.25 bits per heavy atom. The van der Waals surface area contributed by atoms with E-state index in [9.17, 15) is 9.18 Å². The normalized spacial score (nSPS) is 24.8. The van der Waals surface area contributed by atoms with E-state index in [0.717, 1.165) is 13.1 Å². The monoisotopic (exact) mass is 278 g/mol. The minimum Gasteiger partial charge on any atom is -0.298 e. The molecule has 1 aromatic rings. The van der Waals surface area contributed by atoms with Gasteiger partial charge in [0, 0.05) is 31.6 Å². The van der Waals surface area contributed by atoms with Crippen molar-refractivity contribution in [2.75, 3.05) is 26.7 Å². The molecule has 0 bridgehead atoms. The molecular weight excluding hydrogens is 255 g/mol. The number of carbonyl (C=O) groups excluding carboxylic acids is 1. The number of piperazine rings is 1. The van der Waals surface area contributed by atoms with Gasteiger partial charge in [-0.2, -0.15) is 0 Å². The van der Waals surface area contributed by atoms with Gasteiger partial charge in [0.1, 0.15) is 5.82 Å². The van der Waals surface area contributed by atoms with Gasteiger partial charge in [-0.15, -0.1) is 0 Å². The van der Waals surface area contributed by atoms with E-state index < -0.39 is 0 Å². The predicted molar refractivity (Wildman–Crippen MR) is 78.2 cm³/mol. The van der Waals surface area contributed by atoms with Crippen LogP contribution in [0.4, 0.5) is 4.39 Å². The van der Waals surface area contributed by atoms with Crippen molar-refractivity contribution in [1.82, 2.24) is 9.80 Å². The summed E-state index contributed by atoms with van der Waals surface area (Å²) in [5.41, 5.74) is 0.493. The zero-order valence-electron chi connectivity index (χ0n) is 12.5. The van der Waals surface area contributed by atoms with Gasteiger partial charge in [0.25, 0.3) is 0 Å². The fourth-order valence-electron chi connectivity index (χ4n) is 2.80. The Labute approximate surface area is 120 Å². The van der Waals surface area contributed by atoms with E-state index in [1.807, 2.05) is 0 Å². The van der Waals surface area contributed by atoms with Crippen LogP contribution in [0.3, 0.4) is 0 Å². The number of carbonyl (C=O) groups is 1. The number of nitrogens with zero attached hydrogens (tertiary/aromatic N) is 2. The Balaban J connectivity index is 1.91. The van der Waals surface area contributed by atoms with Gasteiger partial charge in [0.2, 0.25) is 0 Å². The van der Waals surface area contributed by atoms with Gasteiger partial charge >= 0.3 is 0 Å². The van der Waals surface area contributed by atoms with E-state index >= 15 is 0 Å². The van der Waals surface area contributed by atoms with Gasteiger partial charge in [-0.05, 0) is 32.5 Å². The van der Waals surface area contributed by atoms with Crippen LogP contribution in [0.2, 0.25) is 0 Å². The summed E-state index contributed by atoms with van der Waals surface area (Å²) < 4.78 is 13.5. The first kappa shape index (κ1) is 15.1. The summed E-state index contributed by atoms with van der Waals surface area (Å²) >= 11 is 0. The fraction of sp³-hybridized carbons (Fsp3) is 0.562. The molecule has 2 unspecified atom stereocenters. The second-order valence-corrected chi connectivity index (χ2v) is 5.86. The van der Waals surface area contributed by atoms with Gasteiger partial charge < -0.3 is 0 Å². The second kappa shape index (κ2) is 6.46. The first-order valence-electron chi connectivity index (χ1n) is 7.16. The Bertz CT molecular complexity index is 465. The average Bonchev–Trinajstić information content (AvgIpc) is 2.38. The highest BCUT2D eigenvalue weighted by Gasteiger charge is 2.27. The number of halogens is 1. The van der Waals surface area contributed by atoms with Crippen LogP contribution >= 0.6 is 0 Å². The summed E-state index contributed by atoms with van der Waals surface area (Å²) in [5.74, 6) is -0.208. The van der Waals surface area contributed by atoms with Crippen molar-refractivity contribution in [1.29, 1.82) is 0 Å². The Kier molecular flexibility index (Phi) is 4.89. The molecule has 4 heteroatoms. The minimum absolute atomic E-state index is 0.0825. The van der Waals surface area contributed by atoms with E-state index in [1.165, 1.54) is 6.07 Å². The molecule has 2 rings (SSSR count). The third-order valence-electron chi connectivity index (χ3n) is 4.18. The lowest BCUT2D eigenvalue weighted by Crippen LogP contribution is -2.55. The van der Waals surface area contributed by atoms with E-state index in [4.69, 9.17) is 0 Å². The molecule has 0 aromatic heterocycles. The molecule has 1 aromatic carbocycles. The first-order chi connectivity index (χ1) is 9.47. The van der Waals surface area contributed by atoms with Gasteiger partial charge in [-0.3, -0.25) is 14.6 Å². The summed E-state index contributed by atoms with van der Waals surface area (Å²) in [6.07, 6.45) is 0.182. The lowest BCUT2D eigenvalue weighted by atomic mass is 10.1. The number of benzene rings is 1. The maximum absolute atomic E-state index is 13.5. The number of rotatable bonds is 4. The molecular formula is C16H23FN2O. The molecule has 0 aliphatic carbocycles. The third-order valence-corrected chi connectivity index (χ3v) is 4.18. The molecule has 110 valence electrons. The fourth-order valence-corrected chi connectivity index (χ4v) is 2.80. The van der Waals surface area contributed by atoms with Crippen LogP contribution < -0.4 is 0 Å². The Morgan fingerprint density at radius 2 is 1.85 bits per heavy atom. The summed E-state index contributed by atoms with van der Waals surface area (Å²) in [5, 5.41) is 0. The molecule has 2 atom stereocenters. The van der Waals surface area contributed by atoms with E-state index in [0.29, 0.717) is 24.2 Å². The van der Waals surface area contributed by atoms with Gasteiger partial charge in [-0.25, -0.2) is 4.39 Å². The van der Waals surface area contributed by atoms with Crippen LogP contribution in [0.1, 0.15) is 19.4 Å². The van der Waals surface area contributed by atoms with Crippen molar-refractivity contribution < 1.29 is 9.18 Å². The van der Waals surface area contributed by atoms with Crippen molar-refractivity contribution in [2.45, 2.75) is 32.4 Å². The Hall–Kier alpha value is -1.26. The van der Waals surface area contributed by atoms with Crippen LogP contribution in [0.15, 0.2) is 24.3 Å². The van der Waals surface area contributed by atoms with Gasteiger partial charge in [-0.1, -0.05) is 18.2 Å². The van der Waals surface area contributed by atoms with Crippen LogP contribution in [0.5, 0.6) is 0 Å². The molecule has 20 heavy (non-hydrogen) atoms. The molecule has 0 amide bonds. The van der Waals surface area contributed by atoms with Crippen molar-refractivity contribution in [3.8, 4) is 0 Å². The zero-order valence-corrected chi connectivity index (χ0v) is 12.5. The maximum atomic E-state index is 13.5. The molecule has 0 spiro atoms. The van der Waals surface area contributed by atoms with Crippen LogP contribution in [0.25, 0.3) is 0 Å². The molecule has 0 N–H and O–H groups in total. The number of likely N-dealkylation sites (N-methyl/N-ethyl adjacent to an activating group) is 1. The molecule has 1 fully saturated rings. The highest BCUT2D eigenvalue weighted by atomic mass is 19.1. The van der Waals surface area contributed by atoms with Crippen molar-refractivity contribution in [3.63, 3.8) is 0 Å². The van der Waals surface area contributed by atoms with Crippen LogP contribution in [-0.2, 0) is 11.2 Å². The van der Waals surface area contributed by atoms with Gasteiger partial charge in [0.15, 0.2) is 5.78 Å². The maximum Gasteiger partial charge on any atom is 0.151 e. The topological polar surface area (TPSA) is 23.6 Å². The third kappa shape index (κ3) is 3.64. The summed E-state index contributed by atoms with van der Waals surface area (Å²) in [6.45, 7) is 6.54. The minimum atomic E-state index is -0.291. The number of hydrogen-bond acceptors (Lipinski definition) is 3. The van der Waals surface area contributed by atoms with E-state index in [-0.39, 0.29) is 18.0 Å². The highest BCUT2D eigenvalue weighted by Crippen LogP contribution is 2.14. The number of hydrogen-bond donors (Lipinski definition) is 0. The van der Waals surface area contributed by atoms with Gasteiger partial charge in [0.05, 0.1) is 6.54 Å². The zero-order chi connectivity index (χ0) is 14.7. The van der Waals surface area contributed by atoms with Crippen LogP contribution in [-0.4, -0.2) is 54.3 Å². The van der Waals surface area contributed by atoms with Crippen molar-refractivity contribution in [2.24, 2.45) is 0 Å². The summed E-state index contributed by atoms with van der Waals surface area (Å²) in [7, 11) is 2.12. The molecule has 1 heterocycles. The van der Waals surface area contributed by atoms with Crippen molar-refractivity contribution in [3.05, 3.63) is 35.6 Å². The molecule has 1 aliphatic rings. The van der Waals surface area contributed by atoms with E-state index in [2.05, 4.69) is 30.7 Å². The number of Topliss-reactive ketones (excluding diaryl/α,β-unsaturated/α-hetero) is 1. The highest BCUT2D eigenvalue weighted by molar-refractivity contribution is 5.82. The predicted octanol–water partition coefficient (Wildman–Crippen LogP) is 1.96. The lowest BCUT2D eigenvalue weighted by Gasteiger charge is -2.42. The Morgan fingerprint density at radius 3 is 2.45 bits per heavy atom. The molecule has 0 radical (unpaired) electrons. The standard InChI is InChI=1S/C16H23FN2O/c1-12-9-19(10-13(2)18(12)3)11-15(20)8-14-6-4-5-7-16(14)17/h4-7,12-13H,8-11H2,1-3H3. The first-order valence-corrected chi connectivity index (χ1v) is 7.16. The second-order valence-electron chi connectivity index (χ2n) is 5.86. The molecule has 1 aliphatic heterocycles. The van der Waals surface area contributed by atoms with Crippen molar-refractivity contribution >= 4 is 5.78 Å². The largest absolute Gasteiger partial charge is 0.298 e. The summed E-state index contributed by atoms with van der Waals surface area (Å²) in [4.78, 5) is 16.6. The smallest absolute Gasteiger partial charge is 0.151 e. The molecule has 3 nitrogen and oxygen atoms in total. The SMILES string of the molecule is CC1CN(CC(=O)Cc2ccccc2F)CC(C)N1C. The molecule has 0 saturated carbocycles. The number of ketones is 1.